The summed E-state index contributed by atoms with van der Waals surface area (Å²) >= 11 is 0. The molecule has 0 rings (SSSR count). The van der Waals surface area contributed by atoms with Crippen molar-refractivity contribution < 1.29 is 20.1 Å². The molecular formula is C44H83NO4. The first-order valence-electron chi connectivity index (χ1n) is 21.3. The molecule has 0 aromatic carbocycles. The van der Waals surface area contributed by atoms with Gasteiger partial charge in [0.25, 0.3) is 0 Å². The van der Waals surface area contributed by atoms with Gasteiger partial charge >= 0.3 is 0 Å². The molecule has 0 aromatic rings. The molecule has 4 N–H and O–H groups in total. The minimum atomic E-state index is -1.17. The number of unbranched alkanes of at least 4 members (excludes halogenated alkanes) is 24. The second-order valence-electron chi connectivity index (χ2n) is 14.5. The number of allylic oxidation sites excluding steroid dienone is 6. The average molecular weight is 690 g/mol. The number of carbonyl (C=O) groups excluding carboxylic acids is 1. The number of hydrogen-bond acceptors (Lipinski definition) is 4. The first-order valence-corrected chi connectivity index (χ1v) is 21.3. The van der Waals surface area contributed by atoms with E-state index in [0.29, 0.717) is 12.8 Å². The fourth-order valence-corrected chi connectivity index (χ4v) is 6.35. The van der Waals surface area contributed by atoms with Crippen LogP contribution in [0.1, 0.15) is 213 Å². The summed E-state index contributed by atoms with van der Waals surface area (Å²) in [4.78, 5) is 12.4. The summed E-state index contributed by atoms with van der Waals surface area (Å²) in [7, 11) is 0. The van der Waals surface area contributed by atoms with E-state index in [1.807, 2.05) is 0 Å². The summed E-state index contributed by atoms with van der Waals surface area (Å²) in [5.41, 5.74) is 0. The van der Waals surface area contributed by atoms with Crippen molar-refractivity contribution in [1.82, 2.24) is 5.32 Å². The largest absolute Gasteiger partial charge is 0.394 e. The molecule has 0 saturated heterocycles. The lowest BCUT2D eigenvalue weighted by Crippen LogP contribution is -2.50. The highest BCUT2D eigenvalue weighted by Crippen LogP contribution is 2.14. The molecule has 0 aliphatic rings. The highest BCUT2D eigenvalue weighted by atomic mass is 16.3. The molecule has 0 radical (unpaired) electrons. The van der Waals surface area contributed by atoms with Gasteiger partial charge in [-0.05, 0) is 77.0 Å². The highest BCUT2D eigenvalue weighted by molar-refractivity contribution is 5.76. The van der Waals surface area contributed by atoms with E-state index < -0.39 is 18.2 Å². The fourth-order valence-electron chi connectivity index (χ4n) is 6.35. The summed E-state index contributed by atoms with van der Waals surface area (Å²) in [5, 5.41) is 33.5. The van der Waals surface area contributed by atoms with Crippen molar-refractivity contribution >= 4 is 5.91 Å². The Kier molecular flexibility index (Phi) is 38.2. The van der Waals surface area contributed by atoms with Crippen molar-refractivity contribution in [3.63, 3.8) is 0 Å². The van der Waals surface area contributed by atoms with E-state index in [1.165, 1.54) is 141 Å². The SMILES string of the molecule is CCCCCC/C=C\CCCCCCCCCC(=O)NC(CO)C(O)C(O)CCC/C=C/CC/C=C/CCCCCCCCCCCCC. The van der Waals surface area contributed by atoms with Gasteiger partial charge in [-0.15, -0.1) is 0 Å². The van der Waals surface area contributed by atoms with Crippen molar-refractivity contribution in [3.8, 4) is 0 Å². The number of rotatable bonds is 38. The second-order valence-corrected chi connectivity index (χ2v) is 14.5. The number of aliphatic hydroxyl groups is 3. The van der Waals surface area contributed by atoms with Crippen LogP contribution >= 0.6 is 0 Å². The fraction of sp³-hybridized carbons (Fsp3) is 0.841. The van der Waals surface area contributed by atoms with Gasteiger partial charge in [0.15, 0.2) is 0 Å². The molecule has 0 aliphatic carbocycles. The minimum absolute atomic E-state index is 0.164. The van der Waals surface area contributed by atoms with E-state index in [2.05, 4.69) is 55.6 Å². The molecule has 0 saturated carbocycles. The van der Waals surface area contributed by atoms with Gasteiger partial charge in [-0.1, -0.05) is 166 Å². The second kappa shape index (κ2) is 39.4. The molecule has 0 spiro atoms. The van der Waals surface area contributed by atoms with Crippen LogP contribution in [0.4, 0.5) is 0 Å². The van der Waals surface area contributed by atoms with Gasteiger partial charge in [-0.25, -0.2) is 0 Å². The third-order valence-electron chi connectivity index (χ3n) is 9.69. The molecule has 0 heterocycles. The van der Waals surface area contributed by atoms with Gasteiger partial charge in [0.2, 0.25) is 5.91 Å². The third-order valence-corrected chi connectivity index (χ3v) is 9.69. The van der Waals surface area contributed by atoms with Crippen molar-refractivity contribution in [2.24, 2.45) is 0 Å². The third kappa shape index (κ3) is 34.8. The van der Waals surface area contributed by atoms with Gasteiger partial charge in [-0.3, -0.25) is 4.79 Å². The van der Waals surface area contributed by atoms with Crippen molar-refractivity contribution in [1.29, 1.82) is 0 Å². The lowest BCUT2D eigenvalue weighted by molar-refractivity contribution is -0.124. The summed E-state index contributed by atoms with van der Waals surface area (Å²) in [6.45, 7) is 4.14. The van der Waals surface area contributed by atoms with E-state index in [9.17, 15) is 20.1 Å². The Morgan fingerprint density at radius 2 is 0.837 bits per heavy atom. The van der Waals surface area contributed by atoms with Crippen LogP contribution in [-0.2, 0) is 4.79 Å². The molecule has 1 amide bonds. The molecule has 49 heavy (non-hydrogen) atoms. The predicted molar refractivity (Wildman–Crippen MR) is 213 cm³/mol. The van der Waals surface area contributed by atoms with Crippen LogP contribution in [0.15, 0.2) is 36.5 Å². The lowest BCUT2D eigenvalue weighted by atomic mass is 10.0. The average Bonchev–Trinajstić information content (AvgIpc) is 3.10. The van der Waals surface area contributed by atoms with Gasteiger partial charge < -0.3 is 20.6 Å². The quantitative estimate of drug-likeness (QED) is 0.0384. The number of carbonyl (C=O) groups is 1. The van der Waals surface area contributed by atoms with Crippen LogP contribution < -0.4 is 5.32 Å². The van der Waals surface area contributed by atoms with Crippen molar-refractivity contribution in [3.05, 3.63) is 36.5 Å². The van der Waals surface area contributed by atoms with Crippen molar-refractivity contribution in [2.75, 3.05) is 6.61 Å². The minimum Gasteiger partial charge on any atom is -0.394 e. The Hall–Kier alpha value is -1.43. The molecule has 5 nitrogen and oxygen atoms in total. The van der Waals surface area contributed by atoms with Crippen LogP contribution in [-0.4, -0.2) is 46.1 Å². The summed E-state index contributed by atoms with van der Waals surface area (Å²) < 4.78 is 0. The van der Waals surface area contributed by atoms with E-state index in [1.54, 1.807) is 0 Å². The van der Waals surface area contributed by atoms with E-state index >= 15 is 0 Å². The Balaban J connectivity index is 3.72. The molecule has 288 valence electrons. The van der Waals surface area contributed by atoms with Crippen LogP contribution in [0.2, 0.25) is 0 Å². The molecule has 5 heteroatoms. The Morgan fingerprint density at radius 3 is 1.27 bits per heavy atom. The van der Waals surface area contributed by atoms with Crippen molar-refractivity contribution in [2.45, 2.75) is 231 Å². The van der Waals surface area contributed by atoms with Crippen LogP contribution in [0.25, 0.3) is 0 Å². The summed E-state index contributed by atoms with van der Waals surface area (Å²) in [5.74, 6) is -0.164. The van der Waals surface area contributed by atoms with Gasteiger partial charge in [0.05, 0.1) is 18.8 Å². The zero-order valence-corrected chi connectivity index (χ0v) is 32.6. The molecule has 0 aromatic heterocycles. The Bertz CT molecular complexity index is 764. The first-order chi connectivity index (χ1) is 24.1. The number of aliphatic hydroxyl groups excluding tert-OH is 3. The lowest BCUT2D eigenvalue weighted by Gasteiger charge is -2.26. The maximum Gasteiger partial charge on any atom is 0.220 e. The maximum atomic E-state index is 12.4. The number of amides is 1. The molecule has 0 fully saturated rings. The zero-order valence-electron chi connectivity index (χ0n) is 32.6. The highest BCUT2D eigenvalue weighted by Gasteiger charge is 2.26. The molecular weight excluding hydrogens is 606 g/mol. The van der Waals surface area contributed by atoms with Crippen LogP contribution in [0.5, 0.6) is 0 Å². The summed E-state index contributed by atoms with van der Waals surface area (Å²) in [6.07, 6.45) is 48.2. The van der Waals surface area contributed by atoms with E-state index in [4.69, 9.17) is 0 Å². The van der Waals surface area contributed by atoms with Crippen LogP contribution in [0.3, 0.4) is 0 Å². The van der Waals surface area contributed by atoms with Gasteiger partial charge in [0.1, 0.15) is 6.10 Å². The zero-order chi connectivity index (χ0) is 35.9. The molecule has 3 atom stereocenters. The Morgan fingerprint density at radius 1 is 0.490 bits per heavy atom. The predicted octanol–water partition coefficient (Wildman–Crippen LogP) is 12.0. The normalized spacial score (nSPS) is 14.0. The molecule has 0 bridgehead atoms. The topological polar surface area (TPSA) is 89.8 Å². The van der Waals surface area contributed by atoms with E-state index in [-0.39, 0.29) is 12.5 Å². The standard InChI is InChI=1S/C44H83NO4/c1-3-5-7-9-11-13-15-17-19-20-21-22-23-25-26-28-30-32-34-36-38-42(47)44(49)41(40-46)45-43(48)39-37-35-33-31-29-27-24-18-16-14-12-10-8-6-4-2/h14,16,23,25,30,32,41-42,44,46-47,49H,3-13,15,17-22,24,26-29,31,33-40H2,1-2H3,(H,45,48)/b16-14-,25-23+,32-30+. The first kappa shape index (κ1) is 47.6. The van der Waals surface area contributed by atoms with Gasteiger partial charge in [0, 0.05) is 6.42 Å². The maximum absolute atomic E-state index is 12.4. The molecule has 3 unspecified atom stereocenters. The monoisotopic (exact) mass is 690 g/mol. The van der Waals surface area contributed by atoms with Crippen LogP contribution in [0, 0.1) is 0 Å². The number of hydrogen-bond donors (Lipinski definition) is 4. The van der Waals surface area contributed by atoms with Gasteiger partial charge in [-0.2, -0.15) is 0 Å². The van der Waals surface area contributed by atoms with E-state index in [0.717, 1.165) is 44.9 Å². The Labute approximate surface area is 304 Å². The smallest absolute Gasteiger partial charge is 0.220 e. The molecule has 0 aliphatic heterocycles. The number of nitrogens with one attached hydrogen (secondary N) is 1. The summed E-state index contributed by atoms with van der Waals surface area (Å²) in [6, 6.07) is -0.833.